The van der Waals surface area contributed by atoms with Crippen LogP contribution >= 0.6 is 0 Å². The van der Waals surface area contributed by atoms with Crippen molar-refractivity contribution in [2.24, 2.45) is 0 Å². The SMILES string of the molecule is CCNC(CCc1ccco1)c1cc(C)ccc1OC. The zero-order valence-corrected chi connectivity index (χ0v) is 12.5. The largest absolute Gasteiger partial charge is 0.496 e. The Bertz CT molecular complexity index is 520. The summed E-state index contributed by atoms with van der Waals surface area (Å²) in [5, 5.41) is 3.54. The first-order chi connectivity index (χ1) is 9.74. The molecule has 1 atom stereocenters. The van der Waals surface area contributed by atoms with E-state index < -0.39 is 0 Å². The van der Waals surface area contributed by atoms with Gasteiger partial charge in [0.25, 0.3) is 0 Å². The van der Waals surface area contributed by atoms with E-state index in [0.29, 0.717) is 0 Å². The first-order valence-electron chi connectivity index (χ1n) is 7.15. The van der Waals surface area contributed by atoms with Gasteiger partial charge in [0.1, 0.15) is 11.5 Å². The molecule has 2 aromatic rings. The Kier molecular flexibility index (Phi) is 5.24. The molecule has 0 aliphatic carbocycles. The van der Waals surface area contributed by atoms with Gasteiger partial charge in [0.05, 0.1) is 13.4 Å². The lowest BCUT2D eigenvalue weighted by Gasteiger charge is -2.21. The summed E-state index contributed by atoms with van der Waals surface area (Å²) in [6, 6.07) is 10.6. The second-order valence-corrected chi connectivity index (χ2v) is 4.97. The molecule has 1 aromatic heterocycles. The van der Waals surface area contributed by atoms with Crippen LogP contribution in [-0.2, 0) is 6.42 Å². The van der Waals surface area contributed by atoms with E-state index in [-0.39, 0.29) is 6.04 Å². The van der Waals surface area contributed by atoms with Crippen molar-refractivity contribution in [3.05, 3.63) is 53.5 Å². The van der Waals surface area contributed by atoms with Gasteiger partial charge in [-0.2, -0.15) is 0 Å². The lowest BCUT2D eigenvalue weighted by molar-refractivity contribution is 0.392. The third kappa shape index (κ3) is 3.64. The monoisotopic (exact) mass is 273 g/mol. The van der Waals surface area contributed by atoms with Crippen molar-refractivity contribution in [2.75, 3.05) is 13.7 Å². The number of hydrogen-bond donors (Lipinski definition) is 1. The molecule has 1 heterocycles. The number of ether oxygens (including phenoxy) is 1. The van der Waals surface area contributed by atoms with E-state index in [1.165, 1.54) is 11.1 Å². The second-order valence-electron chi connectivity index (χ2n) is 4.97. The average molecular weight is 273 g/mol. The van der Waals surface area contributed by atoms with Crippen molar-refractivity contribution in [3.63, 3.8) is 0 Å². The van der Waals surface area contributed by atoms with E-state index >= 15 is 0 Å². The van der Waals surface area contributed by atoms with Gasteiger partial charge in [-0.1, -0.05) is 24.6 Å². The van der Waals surface area contributed by atoms with Gasteiger partial charge in [0.2, 0.25) is 0 Å². The molecule has 0 aliphatic rings. The standard InChI is InChI=1S/C17H23NO2/c1-4-18-16(9-8-14-6-5-11-20-14)15-12-13(2)7-10-17(15)19-3/h5-7,10-12,16,18H,4,8-9H2,1-3H3. The van der Waals surface area contributed by atoms with Crippen LogP contribution in [0.25, 0.3) is 0 Å². The molecule has 0 saturated heterocycles. The van der Waals surface area contributed by atoms with Crippen molar-refractivity contribution >= 4 is 0 Å². The van der Waals surface area contributed by atoms with E-state index in [1.807, 2.05) is 18.2 Å². The Morgan fingerprint density at radius 1 is 1.30 bits per heavy atom. The van der Waals surface area contributed by atoms with Crippen LogP contribution in [0.3, 0.4) is 0 Å². The van der Waals surface area contributed by atoms with Crippen molar-refractivity contribution in [1.29, 1.82) is 0 Å². The van der Waals surface area contributed by atoms with Crippen LogP contribution in [0.1, 0.15) is 36.3 Å². The second kappa shape index (κ2) is 7.15. The fourth-order valence-electron chi connectivity index (χ4n) is 2.48. The predicted molar refractivity (Wildman–Crippen MR) is 81.2 cm³/mol. The van der Waals surface area contributed by atoms with Crippen LogP contribution in [-0.4, -0.2) is 13.7 Å². The molecule has 0 amide bonds. The fourth-order valence-corrected chi connectivity index (χ4v) is 2.48. The summed E-state index contributed by atoms with van der Waals surface area (Å²) in [5.41, 5.74) is 2.47. The van der Waals surface area contributed by atoms with E-state index in [0.717, 1.165) is 30.9 Å². The van der Waals surface area contributed by atoms with Crippen molar-refractivity contribution < 1.29 is 9.15 Å². The molecule has 1 N–H and O–H groups in total. The molecule has 0 bridgehead atoms. The number of nitrogens with one attached hydrogen (secondary N) is 1. The highest BCUT2D eigenvalue weighted by Crippen LogP contribution is 2.29. The quantitative estimate of drug-likeness (QED) is 0.831. The molecule has 20 heavy (non-hydrogen) atoms. The summed E-state index contributed by atoms with van der Waals surface area (Å²) < 4.78 is 10.9. The van der Waals surface area contributed by atoms with Gasteiger partial charge in [0, 0.05) is 18.0 Å². The highest BCUT2D eigenvalue weighted by molar-refractivity contribution is 5.39. The third-order valence-electron chi connectivity index (χ3n) is 3.47. The number of benzene rings is 1. The van der Waals surface area contributed by atoms with Crippen LogP contribution in [0.5, 0.6) is 5.75 Å². The Morgan fingerprint density at radius 3 is 2.80 bits per heavy atom. The summed E-state index contributed by atoms with van der Waals surface area (Å²) in [5.74, 6) is 1.97. The molecule has 0 fully saturated rings. The number of hydrogen-bond acceptors (Lipinski definition) is 3. The lowest BCUT2D eigenvalue weighted by Crippen LogP contribution is -2.22. The van der Waals surface area contributed by atoms with Gasteiger partial charge in [-0.15, -0.1) is 0 Å². The average Bonchev–Trinajstić information content (AvgIpc) is 2.96. The van der Waals surface area contributed by atoms with Gasteiger partial charge in [-0.25, -0.2) is 0 Å². The molecule has 0 aliphatic heterocycles. The molecule has 3 heteroatoms. The molecule has 2 rings (SSSR count). The van der Waals surface area contributed by atoms with Crippen LogP contribution in [0.15, 0.2) is 41.0 Å². The Hall–Kier alpha value is -1.74. The molecule has 0 radical (unpaired) electrons. The minimum Gasteiger partial charge on any atom is -0.496 e. The molecule has 0 spiro atoms. The summed E-state index contributed by atoms with van der Waals surface area (Å²) >= 11 is 0. The zero-order chi connectivity index (χ0) is 14.4. The first kappa shape index (κ1) is 14.7. The molecular weight excluding hydrogens is 250 g/mol. The number of rotatable bonds is 7. The van der Waals surface area contributed by atoms with Crippen molar-refractivity contribution in [2.45, 2.75) is 32.7 Å². The van der Waals surface area contributed by atoms with Gasteiger partial charge in [-0.05, 0) is 38.1 Å². The van der Waals surface area contributed by atoms with Gasteiger partial charge < -0.3 is 14.5 Å². The van der Waals surface area contributed by atoms with E-state index in [9.17, 15) is 0 Å². The Labute approximate surface area is 121 Å². The third-order valence-corrected chi connectivity index (χ3v) is 3.47. The first-order valence-corrected chi connectivity index (χ1v) is 7.15. The maximum Gasteiger partial charge on any atom is 0.123 e. The Morgan fingerprint density at radius 2 is 2.15 bits per heavy atom. The summed E-state index contributed by atoms with van der Waals surface area (Å²) in [6.45, 7) is 5.17. The maximum absolute atomic E-state index is 5.50. The Balaban J connectivity index is 2.16. The van der Waals surface area contributed by atoms with Gasteiger partial charge in [0.15, 0.2) is 0 Å². The smallest absolute Gasteiger partial charge is 0.123 e. The number of furan rings is 1. The van der Waals surface area contributed by atoms with Crippen LogP contribution in [0.4, 0.5) is 0 Å². The summed E-state index contributed by atoms with van der Waals surface area (Å²) in [6.07, 6.45) is 3.63. The molecule has 1 unspecified atom stereocenters. The van der Waals surface area contributed by atoms with Gasteiger partial charge in [-0.3, -0.25) is 0 Å². The number of methoxy groups -OCH3 is 1. The molecule has 1 aromatic carbocycles. The van der Waals surface area contributed by atoms with E-state index in [1.54, 1.807) is 13.4 Å². The maximum atomic E-state index is 5.50. The molecule has 108 valence electrons. The highest BCUT2D eigenvalue weighted by atomic mass is 16.5. The van der Waals surface area contributed by atoms with Crippen molar-refractivity contribution in [3.8, 4) is 5.75 Å². The minimum atomic E-state index is 0.278. The molecular formula is C17H23NO2. The van der Waals surface area contributed by atoms with Crippen molar-refractivity contribution in [1.82, 2.24) is 5.32 Å². The normalized spacial score (nSPS) is 12.3. The molecule has 0 saturated carbocycles. The highest BCUT2D eigenvalue weighted by Gasteiger charge is 2.16. The molecule has 3 nitrogen and oxygen atoms in total. The van der Waals surface area contributed by atoms with Gasteiger partial charge >= 0.3 is 0 Å². The zero-order valence-electron chi connectivity index (χ0n) is 12.5. The summed E-state index contributed by atoms with van der Waals surface area (Å²) in [4.78, 5) is 0. The number of aryl methyl sites for hydroxylation is 2. The van der Waals surface area contributed by atoms with Crippen LogP contribution in [0.2, 0.25) is 0 Å². The van der Waals surface area contributed by atoms with E-state index in [4.69, 9.17) is 9.15 Å². The van der Waals surface area contributed by atoms with Crippen LogP contribution in [0, 0.1) is 6.92 Å². The minimum absolute atomic E-state index is 0.278. The topological polar surface area (TPSA) is 34.4 Å². The summed E-state index contributed by atoms with van der Waals surface area (Å²) in [7, 11) is 1.73. The van der Waals surface area contributed by atoms with E-state index in [2.05, 4.69) is 31.3 Å². The lowest BCUT2D eigenvalue weighted by atomic mass is 9.98. The predicted octanol–water partition coefficient (Wildman–Crippen LogP) is 3.88. The fraction of sp³-hybridized carbons (Fsp3) is 0.412. The van der Waals surface area contributed by atoms with Crippen LogP contribution < -0.4 is 10.1 Å².